The zero-order valence-corrected chi connectivity index (χ0v) is 8.82. The maximum Gasteiger partial charge on any atom is 0.257 e. The molecule has 1 atom stereocenters. The third-order valence-corrected chi connectivity index (χ3v) is 4.36. The predicted octanol–water partition coefficient (Wildman–Crippen LogP) is 3.39. The summed E-state index contributed by atoms with van der Waals surface area (Å²) < 4.78 is 11.9. The first-order chi connectivity index (χ1) is 6.13. The molecule has 0 saturated heterocycles. The van der Waals surface area contributed by atoms with Gasteiger partial charge in [0, 0.05) is 11.2 Å². The molecule has 0 saturated carbocycles. The van der Waals surface area contributed by atoms with Gasteiger partial charge in [0.1, 0.15) is 0 Å². The maximum atomic E-state index is 11.9. The summed E-state index contributed by atoms with van der Waals surface area (Å²) in [7, 11) is -2.41. The number of hydrogen-bond acceptors (Lipinski definition) is 1. The third-order valence-electron chi connectivity index (χ3n) is 2.03. The Balaban J connectivity index is 2.41. The van der Waals surface area contributed by atoms with Crippen molar-refractivity contribution >= 4 is 30.4 Å². The largest absolute Gasteiger partial charge is 0.319 e. The predicted molar refractivity (Wildman–Crippen MR) is 56.8 cm³/mol. The van der Waals surface area contributed by atoms with Gasteiger partial charge in [-0.15, -0.1) is 0 Å². The van der Waals surface area contributed by atoms with E-state index < -0.39 is 7.44 Å². The SMILES string of the molecule is CC[P@@]1(=O)Nc2ccc(Cl)cc2N1. The van der Waals surface area contributed by atoms with Crippen molar-refractivity contribution < 1.29 is 4.57 Å². The Kier molecular flexibility index (Phi) is 2.01. The zero-order chi connectivity index (χ0) is 9.47. The van der Waals surface area contributed by atoms with Crippen LogP contribution < -0.4 is 10.2 Å². The fraction of sp³-hybridized carbons (Fsp3) is 0.250. The fourth-order valence-electron chi connectivity index (χ4n) is 1.28. The molecular weight excluding hydrogens is 207 g/mol. The van der Waals surface area contributed by atoms with E-state index in [0.29, 0.717) is 11.2 Å². The molecule has 0 fully saturated rings. The lowest BCUT2D eigenvalue weighted by Gasteiger charge is -2.08. The van der Waals surface area contributed by atoms with Crippen molar-refractivity contribution in [1.29, 1.82) is 0 Å². The minimum absolute atomic E-state index is 0.583. The highest BCUT2D eigenvalue weighted by Crippen LogP contribution is 2.53. The van der Waals surface area contributed by atoms with Crippen LogP contribution in [0.3, 0.4) is 0 Å². The molecular formula is C8H10ClN2OP. The van der Waals surface area contributed by atoms with Crippen LogP contribution in [0.2, 0.25) is 5.02 Å². The molecule has 3 nitrogen and oxygen atoms in total. The van der Waals surface area contributed by atoms with Gasteiger partial charge in [-0.05, 0) is 18.2 Å². The maximum absolute atomic E-state index is 11.9. The summed E-state index contributed by atoms with van der Waals surface area (Å²) >= 11 is 5.80. The summed E-state index contributed by atoms with van der Waals surface area (Å²) in [6, 6.07) is 5.39. The van der Waals surface area contributed by atoms with E-state index in [2.05, 4.69) is 10.2 Å². The van der Waals surface area contributed by atoms with Crippen LogP contribution in [0.15, 0.2) is 18.2 Å². The van der Waals surface area contributed by atoms with Crippen molar-refractivity contribution in [3.8, 4) is 0 Å². The van der Waals surface area contributed by atoms with Crippen molar-refractivity contribution in [2.45, 2.75) is 6.92 Å². The minimum atomic E-state index is -2.41. The van der Waals surface area contributed by atoms with E-state index >= 15 is 0 Å². The van der Waals surface area contributed by atoms with Gasteiger partial charge in [0.25, 0.3) is 7.44 Å². The molecule has 0 aromatic heterocycles. The third kappa shape index (κ3) is 1.54. The Labute approximate surface area is 82.0 Å². The van der Waals surface area contributed by atoms with Crippen molar-refractivity contribution in [1.82, 2.24) is 0 Å². The van der Waals surface area contributed by atoms with Gasteiger partial charge in [0.2, 0.25) is 0 Å². The summed E-state index contributed by atoms with van der Waals surface area (Å²) in [6.07, 6.45) is 0.583. The lowest BCUT2D eigenvalue weighted by Crippen LogP contribution is -1.97. The molecule has 0 amide bonds. The summed E-state index contributed by atoms with van der Waals surface area (Å²) in [5, 5.41) is 6.59. The number of halogens is 1. The second kappa shape index (κ2) is 2.93. The molecule has 1 aromatic rings. The molecule has 2 N–H and O–H groups in total. The van der Waals surface area contributed by atoms with Gasteiger partial charge in [-0.1, -0.05) is 18.5 Å². The van der Waals surface area contributed by atoms with E-state index in [1.54, 1.807) is 12.1 Å². The lowest BCUT2D eigenvalue weighted by atomic mass is 10.3. The number of hydrogen-bond donors (Lipinski definition) is 2. The van der Waals surface area contributed by atoms with E-state index in [1.165, 1.54) is 0 Å². The standard InChI is InChI=1S/C8H10ClN2OP/c1-2-13(12)10-7-4-3-6(9)5-8(7)11-13/h3-5H,2H2,1H3,(H2,10,11,12)/t13-/m1/s1. The molecule has 0 spiro atoms. The molecule has 0 radical (unpaired) electrons. The van der Waals surface area contributed by atoms with Gasteiger partial charge in [-0.3, -0.25) is 4.57 Å². The van der Waals surface area contributed by atoms with Crippen molar-refractivity contribution in [2.75, 3.05) is 16.3 Å². The van der Waals surface area contributed by atoms with Crippen molar-refractivity contribution in [3.63, 3.8) is 0 Å². The van der Waals surface area contributed by atoms with Crippen LogP contribution in [0, 0.1) is 0 Å². The smallest absolute Gasteiger partial charge is 0.257 e. The van der Waals surface area contributed by atoms with Crippen LogP contribution in [0.4, 0.5) is 11.4 Å². The molecule has 1 aromatic carbocycles. The molecule has 1 aliphatic rings. The monoisotopic (exact) mass is 216 g/mol. The van der Waals surface area contributed by atoms with E-state index in [9.17, 15) is 4.57 Å². The first kappa shape index (κ1) is 8.92. The molecule has 70 valence electrons. The van der Waals surface area contributed by atoms with E-state index in [-0.39, 0.29) is 0 Å². The normalized spacial score (nSPS) is 24.8. The van der Waals surface area contributed by atoms with E-state index in [1.807, 2.05) is 13.0 Å². The van der Waals surface area contributed by atoms with Gasteiger partial charge in [-0.2, -0.15) is 0 Å². The number of fused-ring (bicyclic) bond motifs is 1. The number of benzene rings is 1. The summed E-state index contributed by atoms with van der Waals surface area (Å²) in [6.45, 7) is 1.88. The van der Waals surface area contributed by atoms with Crippen molar-refractivity contribution in [2.24, 2.45) is 0 Å². The first-order valence-corrected chi connectivity index (χ1v) is 6.35. The molecule has 13 heavy (non-hydrogen) atoms. The second-order valence-electron chi connectivity index (χ2n) is 2.97. The summed E-state index contributed by atoms with van der Waals surface area (Å²) in [4.78, 5) is 0. The topological polar surface area (TPSA) is 41.1 Å². The molecule has 2 rings (SSSR count). The van der Waals surface area contributed by atoms with Gasteiger partial charge in [0.15, 0.2) is 0 Å². The van der Waals surface area contributed by atoms with Crippen LogP contribution in [-0.2, 0) is 4.57 Å². The highest BCUT2D eigenvalue weighted by Gasteiger charge is 2.27. The minimum Gasteiger partial charge on any atom is -0.319 e. The van der Waals surface area contributed by atoms with Crippen molar-refractivity contribution in [3.05, 3.63) is 23.2 Å². The van der Waals surface area contributed by atoms with Crippen LogP contribution in [-0.4, -0.2) is 6.16 Å². The lowest BCUT2D eigenvalue weighted by molar-refractivity contribution is 0.583. The zero-order valence-electron chi connectivity index (χ0n) is 7.17. The summed E-state index contributed by atoms with van der Waals surface area (Å²) in [5.41, 5.74) is 1.70. The molecule has 0 unspecified atom stereocenters. The molecule has 1 heterocycles. The van der Waals surface area contributed by atoms with Gasteiger partial charge < -0.3 is 10.2 Å². The van der Waals surface area contributed by atoms with Crippen LogP contribution in [0.5, 0.6) is 0 Å². The van der Waals surface area contributed by atoms with Crippen LogP contribution in [0.1, 0.15) is 6.92 Å². The number of nitrogens with one attached hydrogen (secondary N) is 2. The molecule has 1 aliphatic heterocycles. The Hall–Kier alpha value is -0.660. The Morgan fingerprint density at radius 2 is 2.08 bits per heavy atom. The first-order valence-electron chi connectivity index (χ1n) is 4.08. The molecule has 0 aliphatic carbocycles. The highest BCUT2D eigenvalue weighted by atomic mass is 35.5. The Morgan fingerprint density at radius 3 is 2.77 bits per heavy atom. The fourth-order valence-corrected chi connectivity index (χ4v) is 2.98. The molecule has 0 bridgehead atoms. The molecule has 5 heteroatoms. The van der Waals surface area contributed by atoms with Gasteiger partial charge in [-0.25, -0.2) is 0 Å². The van der Waals surface area contributed by atoms with Gasteiger partial charge in [0.05, 0.1) is 11.4 Å². The average molecular weight is 217 g/mol. The van der Waals surface area contributed by atoms with Crippen LogP contribution in [0.25, 0.3) is 0 Å². The Morgan fingerprint density at radius 1 is 1.38 bits per heavy atom. The number of anilines is 2. The highest BCUT2D eigenvalue weighted by molar-refractivity contribution is 7.67. The summed E-state index contributed by atoms with van der Waals surface area (Å²) in [5.74, 6) is 0. The second-order valence-corrected chi connectivity index (χ2v) is 5.96. The number of rotatable bonds is 1. The average Bonchev–Trinajstić information content (AvgIpc) is 2.42. The van der Waals surface area contributed by atoms with Gasteiger partial charge >= 0.3 is 0 Å². The Bertz CT molecular complexity index is 394. The van der Waals surface area contributed by atoms with E-state index in [4.69, 9.17) is 11.6 Å². The quantitative estimate of drug-likeness (QED) is 0.707. The van der Waals surface area contributed by atoms with E-state index in [0.717, 1.165) is 11.4 Å². The van der Waals surface area contributed by atoms with Crippen LogP contribution >= 0.6 is 19.0 Å².